The Hall–Kier alpha value is -1.15. The van der Waals surface area contributed by atoms with Crippen molar-refractivity contribution in [3.05, 3.63) is 5.01 Å². The molecule has 1 aromatic heterocycles. The topological polar surface area (TPSA) is 84.0 Å². The lowest BCUT2D eigenvalue weighted by Crippen LogP contribution is -2.40. The quantitative estimate of drug-likeness (QED) is 0.782. The Labute approximate surface area is 101 Å². The van der Waals surface area contributed by atoms with Gasteiger partial charge in [-0.1, -0.05) is 23.1 Å². The third-order valence-corrected chi connectivity index (χ3v) is 3.40. The van der Waals surface area contributed by atoms with Gasteiger partial charge in [-0.05, 0) is 13.8 Å². The lowest BCUT2D eigenvalue weighted by Gasteiger charge is -2.02. The first kappa shape index (κ1) is 12.9. The number of hydrogen-bond acceptors (Lipinski definition) is 6. The van der Waals surface area contributed by atoms with E-state index in [-0.39, 0.29) is 11.7 Å². The van der Waals surface area contributed by atoms with Gasteiger partial charge in [0.15, 0.2) is 4.34 Å². The summed E-state index contributed by atoms with van der Waals surface area (Å²) in [5.41, 5.74) is 0. The molecule has 0 fully saturated rings. The molecule has 88 valence electrons. The number of nitrogens with zero attached hydrogens (tertiary/aromatic N) is 2. The molecule has 3 amide bonds. The highest BCUT2D eigenvalue weighted by molar-refractivity contribution is 8.01. The SMILES string of the molecule is CCNC(=O)NC(=O)CSc1nnc(C)s1. The second kappa shape index (κ2) is 6.44. The van der Waals surface area contributed by atoms with Crippen LogP contribution in [0, 0.1) is 6.92 Å². The van der Waals surface area contributed by atoms with Crippen molar-refractivity contribution in [1.82, 2.24) is 20.8 Å². The van der Waals surface area contributed by atoms with E-state index >= 15 is 0 Å². The van der Waals surface area contributed by atoms with Crippen molar-refractivity contribution < 1.29 is 9.59 Å². The lowest BCUT2D eigenvalue weighted by atomic mass is 10.6. The first-order valence-corrected chi connectivity index (χ1v) is 6.42. The zero-order chi connectivity index (χ0) is 12.0. The summed E-state index contributed by atoms with van der Waals surface area (Å²) in [6, 6.07) is -0.471. The monoisotopic (exact) mass is 260 g/mol. The Morgan fingerprint density at radius 1 is 1.44 bits per heavy atom. The summed E-state index contributed by atoms with van der Waals surface area (Å²) in [6.45, 7) is 4.11. The van der Waals surface area contributed by atoms with Crippen LogP contribution in [-0.4, -0.2) is 34.4 Å². The van der Waals surface area contributed by atoms with E-state index < -0.39 is 6.03 Å². The van der Waals surface area contributed by atoms with Crippen LogP contribution >= 0.6 is 23.1 Å². The molecule has 0 unspecified atom stereocenters. The Morgan fingerprint density at radius 2 is 2.19 bits per heavy atom. The fourth-order valence-electron chi connectivity index (χ4n) is 0.831. The summed E-state index contributed by atoms with van der Waals surface area (Å²) < 4.78 is 0.726. The van der Waals surface area contributed by atoms with Gasteiger partial charge in [-0.2, -0.15) is 0 Å². The number of amides is 3. The zero-order valence-corrected chi connectivity index (χ0v) is 10.6. The molecule has 1 heterocycles. The number of carbonyl (C=O) groups is 2. The fourth-order valence-corrected chi connectivity index (χ4v) is 2.45. The molecule has 0 aliphatic heterocycles. The molecule has 0 aliphatic carbocycles. The van der Waals surface area contributed by atoms with Gasteiger partial charge in [0.05, 0.1) is 5.75 Å². The molecule has 8 heteroatoms. The van der Waals surface area contributed by atoms with Crippen LogP contribution in [0.1, 0.15) is 11.9 Å². The summed E-state index contributed by atoms with van der Waals surface area (Å²) in [6.07, 6.45) is 0. The van der Waals surface area contributed by atoms with Gasteiger partial charge >= 0.3 is 6.03 Å². The summed E-state index contributed by atoms with van der Waals surface area (Å²) in [5, 5.41) is 13.2. The van der Waals surface area contributed by atoms with E-state index in [4.69, 9.17) is 0 Å². The maximum Gasteiger partial charge on any atom is 0.321 e. The van der Waals surface area contributed by atoms with E-state index in [1.165, 1.54) is 23.1 Å². The molecule has 6 nitrogen and oxygen atoms in total. The largest absolute Gasteiger partial charge is 0.338 e. The lowest BCUT2D eigenvalue weighted by molar-refractivity contribution is -0.117. The second-order valence-electron chi connectivity index (χ2n) is 2.78. The van der Waals surface area contributed by atoms with E-state index in [0.29, 0.717) is 6.54 Å². The van der Waals surface area contributed by atoms with Crippen LogP contribution in [0.5, 0.6) is 0 Å². The van der Waals surface area contributed by atoms with Crippen LogP contribution in [0.25, 0.3) is 0 Å². The number of carbonyl (C=O) groups excluding carboxylic acids is 2. The molecule has 0 atom stereocenters. The van der Waals surface area contributed by atoms with E-state index in [1.807, 2.05) is 6.92 Å². The van der Waals surface area contributed by atoms with Crippen LogP contribution in [0.3, 0.4) is 0 Å². The zero-order valence-electron chi connectivity index (χ0n) is 8.94. The van der Waals surface area contributed by atoms with E-state index in [0.717, 1.165) is 9.35 Å². The molecule has 0 saturated heterocycles. The fraction of sp³-hybridized carbons (Fsp3) is 0.500. The van der Waals surface area contributed by atoms with Crippen LogP contribution in [0.4, 0.5) is 4.79 Å². The number of hydrogen-bond donors (Lipinski definition) is 2. The Morgan fingerprint density at radius 3 is 2.75 bits per heavy atom. The first-order valence-electron chi connectivity index (χ1n) is 4.62. The number of urea groups is 1. The van der Waals surface area contributed by atoms with Crippen molar-refractivity contribution in [3.8, 4) is 0 Å². The van der Waals surface area contributed by atoms with E-state index in [2.05, 4.69) is 20.8 Å². The smallest absolute Gasteiger partial charge is 0.321 e. The molecule has 16 heavy (non-hydrogen) atoms. The van der Waals surface area contributed by atoms with Crippen molar-refractivity contribution >= 4 is 35.0 Å². The first-order chi connectivity index (χ1) is 7.61. The molecule has 0 saturated carbocycles. The molecular weight excluding hydrogens is 248 g/mol. The Kier molecular flexibility index (Phi) is 5.20. The molecule has 2 N–H and O–H groups in total. The normalized spacial score (nSPS) is 9.88. The summed E-state index contributed by atoms with van der Waals surface area (Å²) in [7, 11) is 0. The Balaban J connectivity index is 2.27. The molecule has 0 aliphatic rings. The number of thioether (sulfide) groups is 1. The third-order valence-electron chi connectivity index (χ3n) is 1.42. The van der Waals surface area contributed by atoms with Gasteiger partial charge in [-0.15, -0.1) is 10.2 Å². The summed E-state index contributed by atoms with van der Waals surface area (Å²) in [4.78, 5) is 22.3. The van der Waals surface area contributed by atoms with Crippen molar-refractivity contribution in [2.45, 2.75) is 18.2 Å². The average Bonchev–Trinajstić information content (AvgIpc) is 2.61. The predicted molar refractivity (Wildman–Crippen MR) is 62.6 cm³/mol. The van der Waals surface area contributed by atoms with Crippen molar-refractivity contribution in [3.63, 3.8) is 0 Å². The summed E-state index contributed by atoms with van der Waals surface area (Å²) in [5.74, 6) is -0.185. The minimum absolute atomic E-state index is 0.158. The van der Waals surface area contributed by atoms with E-state index in [9.17, 15) is 9.59 Å². The second-order valence-corrected chi connectivity index (χ2v) is 5.19. The van der Waals surface area contributed by atoms with E-state index in [1.54, 1.807) is 6.92 Å². The van der Waals surface area contributed by atoms with Crippen LogP contribution in [0.15, 0.2) is 4.34 Å². The molecule has 0 bridgehead atoms. The number of imide groups is 1. The molecular formula is C8H12N4O2S2. The van der Waals surface area contributed by atoms with Crippen LogP contribution in [0.2, 0.25) is 0 Å². The number of aryl methyl sites for hydroxylation is 1. The predicted octanol–water partition coefficient (Wildman–Crippen LogP) is 0.784. The standard InChI is InChI=1S/C8H12N4O2S2/c1-3-9-7(14)10-6(13)4-15-8-12-11-5(2)16-8/h3-4H2,1-2H3,(H2,9,10,13,14). The number of nitrogens with one attached hydrogen (secondary N) is 2. The molecule has 0 spiro atoms. The molecule has 0 aromatic carbocycles. The minimum Gasteiger partial charge on any atom is -0.338 e. The highest BCUT2D eigenvalue weighted by Gasteiger charge is 2.09. The maximum atomic E-state index is 11.3. The average molecular weight is 260 g/mol. The summed E-state index contributed by atoms with van der Waals surface area (Å²) >= 11 is 2.68. The van der Waals surface area contributed by atoms with Gasteiger partial charge < -0.3 is 5.32 Å². The van der Waals surface area contributed by atoms with Crippen LogP contribution < -0.4 is 10.6 Å². The molecule has 0 radical (unpaired) electrons. The molecule has 1 aromatic rings. The van der Waals surface area contributed by atoms with Crippen LogP contribution in [-0.2, 0) is 4.79 Å². The highest BCUT2D eigenvalue weighted by Crippen LogP contribution is 2.21. The van der Waals surface area contributed by atoms with Gasteiger partial charge in [0.1, 0.15) is 5.01 Å². The minimum atomic E-state index is -0.471. The number of rotatable bonds is 4. The number of aromatic nitrogens is 2. The van der Waals surface area contributed by atoms with Gasteiger partial charge in [0, 0.05) is 6.54 Å². The third kappa shape index (κ3) is 4.58. The van der Waals surface area contributed by atoms with Crippen molar-refractivity contribution in [2.24, 2.45) is 0 Å². The van der Waals surface area contributed by atoms with Gasteiger partial charge in [0.2, 0.25) is 5.91 Å². The van der Waals surface area contributed by atoms with Gasteiger partial charge in [-0.25, -0.2) is 4.79 Å². The van der Waals surface area contributed by atoms with Crippen molar-refractivity contribution in [1.29, 1.82) is 0 Å². The highest BCUT2D eigenvalue weighted by atomic mass is 32.2. The maximum absolute atomic E-state index is 11.3. The Bertz CT molecular complexity index is 380. The van der Waals surface area contributed by atoms with Gasteiger partial charge in [-0.3, -0.25) is 10.1 Å². The molecule has 1 rings (SSSR count). The van der Waals surface area contributed by atoms with Crippen molar-refractivity contribution in [2.75, 3.05) is 12.3 Å². The van der Waals surface area contributed by atoms with Gasteiger partial charge in [0.25, 0.3) is 0 Å².